The van der Waals surface area contributed by atoms with Crippen molar-refractivity contribution in [3.63, 3.8) is 0 Å². The standard InChI is InChI=1S/C21H22N4O4/c1-4-14(2)22-21(26)20-13-19(15-6-5-7-18(12-15)29-3)23-24(20)16-8-10-17(11-9-16)25(27)28/h5-14H,4H2,1-3H3,(H,22,26). The van der Waals surface area contributed by atoms with Crippen LogP contribution in [0.3, 0.4) is 0 Å². The molecule has 2 aromatic carbocycles. The van der Waals surface area contributed by atoms with Gasteiger partial charge >= 0.3 is 0 Å². The molecule has 0 aliphatic carbocycles. The molecule has 3 rings (SSSR count). The number of rotatable bonds is 7. The molecule has 0 spiro atoms. The Labute approximate surface area is 168 Å². The largest absolute Gasteiger partial charge is 0.497 e. The lowest BCUT2D eigenvalue weighted by Gasteiger charge is -2.12. The zero-order valence-electron chi connectivity index (χ0n) is 16.5. The van der Waals surface area contributed by atoms with Gasteiger partial charge in [-0.15, -0.1) is 0 Å². The highest BCUT2D eigenvalue weighted by Gasteiger charge is 2.19. The molecule has 1 heterocycles. The average Bonchev–Trinajstić information content (AvgIpc) is 3.19. The van der Waals surface area contributed by atoms with Crippen LogP contribution in [0.5, 0.6) is 5.75 Å². The van der Waals surface area contributed by atoms with Crippen LogP contribution in [-0.2, 0) is 0 Å². The molecule has 0 aliphatic rings. The molecule has 0 saturated heterocycles. The highest BCUT2D eigenvalue weighted by molar-refractivity contribution is 5.94. The van der Waals surface area contributed by atoms with Gasteiger partial charge in [0.25, 0.3) is 11.6 Å². The van der Waals surface area contributed by atoms with Gasteiger partial charge in [-0.1, -0.05) is 19.1 Å². The molecule has 0 aliphatic heterocycles. The molecule has 8 nitrogen and oxygen atoms in total. The van der Waals surface area contributed by atoms with Crippen LogP contribution >= 0.6 is 0 Å². The number of nitrogens with one attached hydrogen (secondary N) is 1. The van der Waals surface area contributed by atoms with Crippen molar-refractivity contribution >= 4 is 11.6 Å². The lowest BCUT2D eigenvalue weighted by molar-refractivity contribution is -0.384. The first kappa shape index (κ1) is 20.1. The molecular weight excluding hydrogens is 372 g/mol. The number of methoxy groups -OCH3 is 1. The monoisotopic (exact) mass is 394 g/mol. The number of aromatic nitrogens is 2. The van der Waals surface area contributed by atoms with E-state index in [1.165, 1.54) is 16.8 Å². The predicted molar refractivity (Wildman–Crippen MR) is 109 cm³/mol. The summed E-state index contributed by atoms with van der Waals surface area (Å²) in [5.74, 6) is 0.414. The second-order valence-electron chi connectivity index (χ2n) is 6.61. The van der Waals surface area contributed by atoms with Crippen LogP contribution in [0.25, 0.3) is 16.9 Å². The van der Waals surface area contributed by atoms with Crippen LogP contribution in [-0.4, -0.2) is 33.8 Å². The molecule has 1 aromatic heterocycles. The summed E-state index contributed by atoms with van der Waals surface area (Å²) in [6, 6.07) is 15.0. The zero-order chi connectivity index (χ0) is 21.0. The van der Waals surface area contributed by atoms with Crippen LogP contribution in [0, 0.1) is 10.1 Å². The fraction of sp³-hybridized carbons (Fsp3) is 0.238. The van der Waals surface area contributed by atoms with Gasteiger partial charge in [0.05, 0.1) is 23.4 Å². The topological polar surface area (TPSA) is 99.3 Å². The van der Waals surface area contributed by atoms with Gasteiger partial charge < -0.3 is 10.1 Å². The van der Waals surface area contributed by atoms with E-state index in [0.717, 1.165) is 12.0 Å². The lowest BCUT2D eigenvalue weighted by Crippen LogP contribution is -2.33. The van der Waals surface area contributed by atoms with E-state index < -0.39 is 4.92 Å². The third-order valence-corrected chi connectivity index (χ3v) is 4.60. The van der Waals surface area contributed by atoms with Crippen molar-refractivity contribution in [2.45, 2.75) is 26.3 Å². The minimum absolute atomic E-state index is 0.00276. The minimum atomic E-state index is -0.467. The van der Waals surface area contributed by atoms with Crippen molar-refractivity contribution in [1.29, 1.82) is 0 Å². The number of carbonyl (C=O) groups is 1. The molecular formula is C21H22N4O4. The summed E-state index contributed by atoms with van der Waals surface area (Å²) in [4.78, 5) is 23.3. The van der Waals surface area contributed by atoms with E-state index in [2.05, 4.69) is 10.4 Å². The van der Waals surface area contributed by atoms with Gasteiger partial charge in [0.1, 0.15) is 11.4 Å². The molecule has 0 saturated carbocycles. The van der Waals surface area contributed by atoms with Crippen molar-refractivity contribution in [2.24, 2.45) is 0 Å². The van der Waals surface area contributed by atoms with Gasteiger partial charge in [-0.25, -0.2) is 4.68 Å². The highest BCUT2D eigenvalue weighted by Crippen LogP contribution is 2.26. The second kappa shape index (κ2) is 8.55. The SMILES string of the molecule is CCC(C)NC(=O)c1cc(-c2cccc(OC)c2)nn1-c1ccc([N+](=O)[O-])cc1. The minimum Gasteiger partial charge on any atom is -0.497 e. The van der Waals surface area contributed by atoms with Crippen molar-refractivity contribution in [1.82, 2.24) is 15.1 Å². The Bertz CT molecular complexity index is 1030. The van der Waals surface area contributed by atoms with Gasteiger partial charge in [-0.05, 0) is 43.7 Å². The van der Waals surface area contributed by atoms with Crippen molar-refractivity contribution in [3.05, 3.63) is 70.4 Å². The lowest BCUT2D eigenvalue weighted by atomic mass is 10.1. The molecule has 8 heteroatoms. The third kappa shape index (κ3) is 4.43. The number of benzene rings is 2. The quantitative estimate of drug-likeness (QED) is 0.483. The maximum Gasteiger partial charge on any atom is 0.270 e. The summed E-state index contributed by atoms with van der Waals surface area (Å²) >= 11 is 0. The number of carbonyl (C=O) groups excluding carboxylic acids is 1. The van der Waals surface area contributed by atoms with Crippen LogP contribution < -0.4 is 10.1 Å². The summed E-state index contributed by atoms with van der Waals surface area (Å²) in [5.41, 5.74) is 2.26. The fourth-order valence-corrected chi connectivity index (χ4v) is 2.78. The maximum absolute atomic E-state index is 12.8. The number of nitro benzene ring substituents is 1. The number of nitro groups is 1. The van der Waals surface area contributed by atoms with Crippen LogP contribution in [0.4, 0.5) is 5.69 Å². The third-order valence-electron chi connectivity index (χ3n) is 4.60. The molecule has 0 bridgehead atoms. The predicted octanol–water partition coefficient (Wildman–Crippen LogP) is 3.98. The number of amides is 1. The number of ether oxygens (including phenoxy) is 1. The van der Waals surface area contributed by atoms with Crippen LogP contribution in [0.1, 0.15) is 30.8 Å². The molecule has 1 unspecified atom stereocenters. The van der Waals surface area contributed by atoms with Gasteiger partial charge in [-0.2, -0.15) is 5.10 Å². The van der Waals surface area contributed by atoms with E-state index in [1.807, 2.05) is 38.1 Å². The Balaban J connectivity index is 2.07. The van der Waals surface area contributed by atoms with E-state index in [9.17, 15) is 14.9 Å². The summed E-state index contributed by atoms with van der Waals surface area (Å²) in [7, 11) is 1.58. The smallest absolute Gasteiger partial charge is 0.270 e. The Morgan fingerprint density at radius 2 is 1.97 bits per heavy atom. The van der Waals surface area contributed by atoms with E-state index >= 15 is 0 Å². The number of hydrogen-bond donors (Lipinski definition) is 1. The van der Waals surface area contributed by atoms with Gasteiger partial charge in [0, 0.05) is 23.7 Å². The Morgan fingerprint density at radius 3 is 2.59 bits per heavy atom. The first-order chi connectivity index (χ1) is 13.9. The van der Waals surface area contributed by atoms with E-state index in [0.29, 0.717) is 22.8 Å². The molecule has 29 heavy (non-hydrogen) atoms. The van der Waals surface area contributed by atoms with E-state index in [-0.39, 0.29) is 17.6 Å². The maximum atomic E-state index is 12.8. The zero-order valence-corrected chi connectivity index (χ0v) is 16.5. The normalized spacial score (nSPS) is 11.7. The van der Waals surface area contributed by atoms with Crippen LogP contribution in [0.2, 0.25) is 0 Å². The molecule has 3 aromatic rings. The van der Waals surface area contributed by atoms with Crippen molar-refractivity contribution in [2.75, 3.05) is 7.11 Å². The van der Waals surface area contributed by atoms with Gasteiger partial charge in [0.15, 0.2) is 0 Å². The van der Waals surface area contributed by atoms with E-state index in [1.54, 1.807) is 25.3 Å². The highest BCUT2D eigenvalue weighted by atomic mass is 16.6. The average molecular weight is 394 g/mol. The Kier molecular flexibility index (Phi) is 5.92. The van der Waals surface area contributed by atoms with E-state index in [4.69, 9.17) is 4.74 Å². The molecule has 1 N–H and O–H groups in total. The summed E-state index contributed by atoms with van der Waals surface area (Å²) in [5, 5.41) is 18.5. The first-order valence-electron chi connectivity index (χ1n) is 9.23. The van der Waals surface area contributed by atoms with Crippen molar-refractivity contribution < 1.29 is 14.5 Å². The molecule has 0 fully saturated rings. The summed E-state index contributed by atoms with van der Waals surface area (Å²) in [6.45, 7) is 3.91. The number of non-ortho nitro benzene ring substituents is 1. The van der Waals surface area contributed by atoms with Crippen molar-refractivity contribution in [3.8, 4) is 22.7 Å². The summed E-state index contributed by atoms with van der Waals surface area (Å²) < 4.78 is 6.77. The van der Waals surface area contributed by atoms with Crippen LogP contribution in [0.15, 0.2) is 54.6 Å². The second-order valence-corrected chi connectivity index (χ2v) is 6.61. The number of hydrogen-bond acceptors (Lipinski definition) is 5. The Hall–Kier alpha value is -3.68. The fourth-order valence-electron chi connectivity index (χ4n) is 2.78. The van der Waals surface area contributed by atoms with Gasteiger partial charge in [-0.3, -0.25) is 14.9 Å². The number of nitrogens with zero attached hydrogens (tertiary/aromatic N) is 3. The molecule has 150 valence electrons. The van der Waals surface area contributed by atoms with Gasteiger partial charge in [0.2, 0.25) is 0 Å². The molecule has 1 amide bonds. The molecule has 1 atom stereocenters. The summed E-state index contributed by atoms with van der Waals surface area (Å²) in [6.07, 6.45) is 0.792. The molecule has 0 radical (unpaired) electrons. The first-order valence-corrected chi connectivity index (χ1v) is 9.23. The Morgan fingerprint density at radius 1 is 1.24 bits per heavy atom.